The summed E-state index contributed by atoms with van der Waals surface area (Å²) in [6.45, 7) is 6.77. The molecule has 0 aliphatic carbocycles. The first-order chi connectivity index (χ1) is 11.7. The average molecular weight is 349 g/mol. The van der Waals surface area contributed by atoms with Crippen LogP contribution in [0.15, 0.2) is 23.8 Å². The second-order valence-electron chi connectivity index (χ2n) is 6.59. The van der Waals surface area contributed by atoms with Gasteiger partial charge in [0.05, 0.1) is 13.7 Å². The van der Waals surface area contributed by atoms with Gasteiger partial charge < -0.3 is 19.0 Å². The van der Waals surface area contributed by atoms with Gasteiger partial charge in [-0.3, -0.25) is 4.79 Å². The molecule has 7 nitrogen and oxygen atoms in total. The van der Waals surface area contributed by atoms with Crippen LogP contribution in [0.3, 0.4) is 0 Å². The first kappa shape index (κ1) is 18.6. The molecule has 0 atom stereocenters. The topological polar surface area (TPSA) is 74.3 Å². The summed E-state index contributed by atoms with van der Waals surface area (Å²) in [5.41, 5.74) is 0.882. The van der Waals surface area contributed by atoms with E-state index in [-0.39, 0.29) is 13.2 Å². The van der Waals surface area contributed by atoms with Crippen molar-refractivity contribution in [3.63, 3.8) is 0 Å². The number of fused-ring (bicyclic) bond motifs is 1. The van der Waals surface area contributed by atoms with Crippen molar-refractivity contribution < 1.29 is 28.6 Å². The molecule has 0 saturated carbocycles. The van der Waals surface area contributed by atoms with Crippen LogP contribution in [-0.4, -0.2) is 43.0 Å². The Morgan fingerprint density at radius 1 is 1.28 bits per heavy atom. The molecule has 0 N–H and O–H groups in total. The van der Waals surface area contributed by atoms with Gasteiger partial charge in [0.25, 0.3) is 0 Å². The lowest BCUT2D eigenvalue weighted by Crippen LogP contribution is -2.39. The zero-order chi connectivity index (χ0) is 18.6. The van der Waals surface area contributed by atoms with E-state index < -0.39 is 17.7 Å². The van der Waals surface area contributed by atoms with E-state index in [1.807, 2.05) is 24.3 Å². The number of benzene rings is 1. The number of amides is 1. The van der Waals surface area contributed by atoms with Crippen molar-refractivity contribution in [3.8, 4) is 11.5 Å². The summed E-state index contributed by atoms with van der Waals surface area (Å²) >= 11 is 0. The predicted molar refractivity (Wildman–Crippen MR) is 91.2 cm³/mol. The Morgan fingerprint density at radius 3 is 2.60 bits per heavy atom. The van der Waals surface area contributed by atoms with E-state index in [9.17, 15) is 9.59 Å². The van der Waals surface area contributed by atoms with Crippen LogP contribution >= 0.6 is 0 Å². The van der Waals surface area contributed by atoms with Crippen molar-refractivity contribution in [2.75, 3.05) is 20.3 Å². The molecule has 0 saturated heterocycles. The van der Waals surface area contributed by atoms with E-state index in [0.717, 1.165) is 21.9 Å². The van der Waals surface area contributed by atoms with Crippen molar-refractivity contribution in [1.82, 2.24) is 5.06 Å². The van der Waals surface area contributed by atoms with Gasteiger partial charge in [-0.1, -0.05) is 0 Å². The molecular weight excluding hydrogens is 326 g/mol. The van der Waals surface area contributed by atoms with Gasteiger partial charge in [0, 0.05) is 12.5 Å². The smallest absolute Gasteiger partial charge is 0.444 e. The Labute approximate surface area is 147 Å². The predicted octanol–water partition coefficient (Wildman–Crippen LogP) is 3.19. The highest BCUT2D eigenvalue weighted by Gasteiger charge is 2.26. The Morgan fingerprint density at radius 2 is 2.00 bits per heavy atom. The third-order valence-electron chi connectivity index (χ3n) is 3.17. The Balaban J connectivity index is 2.18. The van der Waals surface area contributed by atoms with Gasteiger partial charge in [-0.05, 0) is 50.6 Å². The molecule has 1 aliphatic rings. The fourth-order valence-corrected chi connectivity index (χ4v) is 2.21. The highest BCUT2D eigenvalue weighted by Crippen LogP contribution is 2.30. The molecule has 136 valence electrons. The maximum atomic E-state index is 12.3. The number of rotatable bonds is 3. The number of ether oxygens (including phenoxy) is 3. The molecule has 0 bridgehead atoms. The number of carbonyl (C=O) groups excluding carboxylic acids is 2. The summed E-state index contributed by atoms with van der Waals surface area (Å²) in [7, 11) is 1.58. The quantitative estimate of drug-likeness (QED) is 0.780. The van der Waals surface area contributed by atoms with Gasteiger partial charge in [-0.15, -0.1) is 5.06 Å². The van der Waals surface area contributed by atoms with Crippen LogP contribution in [0.2, 0.25) is 0 Å². The Kier molecular flexibility index (Phi) is 5.56. The molecule has 0 aromatic heterocycles. The van der Waals surface area contributed by atoms with Crippen molar-refractivity contribution in [3.05, 3.63) is 29.3 Å². The van der Waals surface area contributed by atoms with Crippen LogP contribution < -0.4 is 9.47 Å². The van der Waals surface area contributed by atoms with Crippen molar-refractivity contribution >= 4 is 18.1 Å². The summed E-state index contributed by atoms with van der Waals surface area (Å²) in [5, 5.41) is 0.897. The molecule has 7 heteroatoms. The lowest BCUT2D eigenvalue weighted by atomic mass is 10.1. The zero-order valence-electron chi connectivity index (χ0n) is 15.1. The van der Waals surface area contributed by atoms with Crippen LogP contribution in [-0.2, 0) is 14.4 Å². The summed E-state index contributed by atoms with van der Waals surface area (Å²) in [4.78, 5) is 28.6. The molecule has 0 unspecified atom stereocenters. The van der Waals surface area contributed by atoms with E-state index >= 15 is 0 Å². The van der Waals surface area contributed by atoms with Crippen molar-refractivity contribution in [1.29, 1.82) is 0 Å². The van der Waals surface area contributed by atoms with Crippen LogP contribution in [0.5, 0.6) is 11.5 Å². The summed E-state index contributed by atoms with van der Waals surface area (Å²) in [5.74, 6) is 0.815. The van der Waals surface area contributed by atoms with Gasteiger partial charge in [0.15, 0.2) is 0 Å². The minimum atomic E-state index is -0.736. The molecule has 2 rings (SSSR count). The monoisotopic (exact) mass is 349 g/mol. The third kappa shape index (κ3) is 5.41. The molecule has 1 aliphatic heterocycles. The van der Waals surface area contributed by atoms with Crippen molar-refractivity contribution in [2.24, 2.45) is 0 Å². The van der Waals surface area contributed by atoms with Crippen LogP contribution in [0.1, 0.15) is 33.3 Å². The maximum Gasteiger partial charge on any atom is 0.444 e. The van der Waals surface area contributed by atoms with E-state index in [1.54, 1.807) is 27.9 Å². The standard InChI is InChI=1S/C18H23NO6/c1-12(20)25-19(17(21)24-18(2,3)4)10-13-8-14-9-15(22-5)6-7-16(14)23-11-13/h6-9H,10-11H2,1-5H3. The lowest BCUT2D eigenvalue weighted by molar-refractivity contribution is -0.180. The molecular formula is C18H23NO6. The molecule has 1 aromatic rings. The number of methoxy groups -OCH3 is 1. The molecule has 1 amide bonds. The minimum absolute atomic E-state index is 0.0468. The fourth-order valence-electron chi connectivity index (χ4n) is 2.21. The average Bonchev–Trinajstić information content (AvgIpc) is 2.51. The van der Waals surface area contributed by atoms with Gasteiger partial charge in [0.1, 0.15) is 23.7 Å². The molecule has 1 aromatic carbocycles. The Hall–Kier alpha value is -2.70. The summed E-state index contributed by atoms with van der Waals surface area (Å²) in [6, 6.07) is 5.46. The van der Waals surface area contributed by atoms with E-state index in [0.29, 0.717) is 5.75 Å². The van der Waals surface area contributed by atoms with E-state index in [2.05, 4.69) is 0 Å². The number of carbonyl (C=O) groups is 2. The van der Waals surface area contributed by atoms with E-state index in [1.165, 1.54) is 6.92 Å². The molecule has 25 heavy (non-hydrogen) atoms. The fraction of sp³-hybridized carbons (Fsp3) is 0.444. The van der Waals surface area contributed by atoms with Crippen LogP contribution in [0.25, 0.3) is 6.08 Å². The molecule has 0 spiro atoms. The minimum Gasteiger partial charge on any atom is -0.497 e. The third-order valence-corrected chi connectivity index (χ3v) is 3.17. The SMILES string of the molecule is COc1ccc2c(c1)C=C(CN(OC(C)=O)C(=O)OC(C)(C)C)CO2. The number of hydroxylamine groups is 2. The highest BCUT2D eigenvalue weighted by atomic mass is 16.8. The number of hydrogen-bond donors (Lipinski definition) is 0. The van der Waals surface area contributed by atoms with Gasteiger partial charge in [-0.25, -0.2) is 4.79 Å². The summed E-state index contributed by atoms with van der Waals surface area (Å²) < 4.78 is 16.2. The van der Waals surface area contributed by atoms with Crippen molar-refractivity contribution in [2.45, 2.75) is 33.3 Å². The maximum absolute atomic E-state index is 12.3. The lowest BCUT2D eigenvalue weighted by Gasteiger charge is -2.27. The molecule has 1 heterocycles. The highest BCUT2D eigenvalue weighted by molar-refractivity contribution is 5.73. The Bertz CT molecular complexity index is 689. The molecule has 0 fully saturated rings. The second kappa shape index (κ2) is 7.46. The van der Waals surface area contributed by atoms with E-state index in [4.69, 9.17) is 19.0 Å². The normalized spacial score (nSPS) is 13.1. The summed E-state index contributed by atoms with van der Waals surface area (Å²) in [6.07, 6.45) is 1.14. The van der Waals surface area contributed by atoms with Gasteiger partial charge in [-0.2, -0.15) is 0 Å². The zero-order valence-corrected chi connectivity index (χ0v) is 15.1. The van der Waals surface area contributed by atoms with Crippen LogP contribution in [0, 0.1) is 0 Å². The first-order valence-electron chi connectivity index (χ1n) is 7.87. The van der Waals surface area contributed by atoms with Gasteiger partial charge >= 0.3 is 12.1 Å². The first-order valence-corrected chi connectivity index (χ1v) is 7.87. The number of hydrogen-bond acceptors (Lipinski definition) is 6. The van der Waals surface area contributed by atoms with Crippen LogP contribution in [0.4, 0.5) is 4.79 Å². The second-order valence-corrected chi connectivity index (χ2v) is 6.59. The largest absolute Gasteiger partial charge is 0.497 e. The number of nitrogens with zero attached hydrogens (tertiary/aromatic N) is 1. The molecule has 0 radical (unpaired) electrons. The van der Waals surface area contributed by atoms with Gasteiger partial charge in [0.2, 0.25) is 0 Å².